The summed E-state index contributed by atoms with van der Waals surface area (Å²) in [6.07, 6.45) is 2.35. The van der Waals surface area contributed by atoms with Gasteiger partial charge in [-0.15, -0.1) is 0 Å². The van der Waals surface area contributed by atoms with Gasteiger partial charge in [-0.2, -0.15) is 0 Å². The number of hydrogen-bond acceptors (Lipinski definition) is 2. The number of carbonyl (C=O) groups excluding carboxylic acids is 2. The van der Waals surface area contributed by atoms with Crippen LogP contribution in [0.5, 0.6) is 0 Å². The van der Waals surface area contributed by atoms with E-state index in [9.17, 15) is 9.59 Å². The standard InChI is InChI=1S/C22H22Cl2N2O2/c1-2-21(27)25-11-13-26(14-12-25)22(28)10-8-16-7-9-20(24)18(15-16)17-5-3-4-6-19(17)23/h2-7,9,15H,1,8,10-14H2. The molecule has 0 unspecified atom stereocenters. The van der Waals surface area contributed by atoms with Gasteiger partial charge < -0.3 is 9.80 Å². The van der Waals surface area contributed by atoms with Crippen molar-refractivity contribution in [3.05, 3.63) is 70.7 Å². The van der Waals surface area contributed by atoms with Gasteiger partial charge in [-0.1, -0.05) is 54.0 Å². The van der Waals surface area contributed by atoms with Crippen molar-refractivity contribution >= 4 is 35.0 Å². The number of nitrogens with zero attached hydrogens (tertiary/aromatic N) is 2. The molecule has 1 saturated heterocycles. The van der Waals surface area contributed by atoms with E-state index in [2.05, 4.69) is 6.58 Å². The van der Waals surface area contributed by atoms with Crippen molar-refractivity contribution in [1.29, 1.82) is 0 Å². The number of carbonyl (C=O) groups is 2. The molecule has 1 fully saturated rings. The maximum Gasteiger partial charge on any atom is 0.246 e. The summed E-state index contributed by atoms with van der Waals surface area (Å²) in [6, 6.07) is 13.4. The maximum absolute atomic E-state index is 12.5. The van der Waals surface area contributed by atoms with Crippen LogP contribution in [0.1, 0.15) is 12.0 Å². The van der Waals surface area contributed by atoms with Gasteiger partial charge in [0.25, 0.3) is 0 Å². The Labute approximate surface area is 175 Å². The lowest BCUT2D eigenvalue weighted by Crippen LogP contribution is -2.50. The lowest BCUT2D eigenvalue weighted by atomic mass is 10.0. The van der Waals surface area contributed by atoms with Crippen molar-refractivity contribution in [2.75, 3.05) is 26.2 Å². The van der Waals surface area contributed by atoms with E-state index in [4.69, 9.17) is 23.2 Å². The molecule has 0 radical (unpaired) electrons. The van der Waals surface area contributed by atoms with Gasteiger partial charge in [0.05, 0.1) is 0 Å². The molecule has 0 aromatic heterocycles. The fourth-order valence-electron chi connectivity index (χ4n) is 3.33. The highest BCUT2D eigenvalue weighted by Crippen LogP contribution is 2.34. The van der Waals surface area contributed by atoms with Crippen molar-refractivity contribution in [1.82, 2.24) is 9.80 Å². The molecule has 3 rings (SSSR count). The van der Waals surface area contributed by atoms with Crippen LogP contribution >= 0.6 is 23.2 Å². The molecule has 4 nitrogen and oxygen atoms in total. The number of benzene rings is 2. The maximum atomic E-state index is 12.5. The Bertz CT molecular complexity index is 890. The molecule has 2 aromatic carbocycles. The second-order valence-electron chi connectivity index (χ2n) is 6.70. The first-order valence-corrected chi connectivity index (χ1v) is 9.97. The number of aryl methyl sites for hydroxylation is 1. The predicted molar refractivity (Wildman–Crippen MR) is 114 cm³/mol. The van der Waals surface area contributed by atoms with Crippen molar-refractivity contribution in [3.8, 4) is 11.1 Å². The smallest absolute Gasteiger partial charge is 0.246 e. The molecule has 28 heavy (non-hydrogen) atoms. The third-order valence-corrected chi connectivity index (χ3v) is 5.60. The highest BCUT2D eigenvalue weighted by atomic mass is 35.5. The minimum Gasteiger partial charge on any atom is -0.339 e. The van der Waals surface area contributed by atoms with Crippen LogP contribution < -0.4 is 0 Å². The van der Waals surface area contributed by atoms with Crippen LogP contribution in [0, 0.1) is 0 Å². The molecule has 2 aromatic rings. The predicted octanol–water partition coefficient (Wildman–Crippen LogP) is 4.45. The van der Waals surface area contributed by atoms with Crippen LogP contribution in [0.3, 0.4) is 0 Å². The fourth-order valence-corrected chi connectivity index (χ4v) is 3.79. The molecule has 6 heteroatoms. The summed E-state index contributed by atoms with van der Waals surface area (Å²) >= 11 is 12.7. The SMILES string of the molecule is C=CC(=O)N1CCN(C(=O)CCc2ccc(Cl)c(-c3ccccc3Cl)c2)CC1. The molecule has 0 aliphatic carbocycles. The molecule has 0 N–H and O–H groups in total. The third kappa shape index (κ3) is 4.75. The summed E-state index contributed by atoms with van der Waals surface area (Å²) in [6.45, 7) is 5.72. The molecular formula is C22H22Cl2N2O2. The summed E-state index contributed by atoms with van der Waals surface area (Å²) in [5.74, 6) is 0.0142. The Balaban J connectivity index is 1.62. The van der Waals surface area contributed by atoms with E-state index in [0.29, 0.717) is 49.1 Å². The zero-order valence-corrected chi connectivity index (χ0v) is 17.0. The quantitative estimate of drug-likeness (QED) is 0.675. The molecule has 1 heterocycles. The van der Waals surface area contributed by atoms with Crippen molar-refractivity contribution in [2.24, 2.45) is 0 Å². The van der Waals surface area contributed by atoms with E-state index >= 15 is 0 Å². The first-order valence-electron chi connectivity index (χ1n) is 9.22. The van der Waals surface area contributed by atoms with E-state index in [1.165, 1.54) is 6.08 Å². The molecule has 1 aliphatic rings. The van der Waals surface area contributed by atoms with Crippen molar-refractivity contribution < 1.29 is 9.59 Å². The van der Waals surface area contributed by atoms with E-state index in [1.54, 1.807) is 4.90 Å². The molecule has 0 spiro atoms. The Kier molecular flexibility index (Phi) is 6.76. The molecule has 1 aliphatic heterocycles. The lowest BCUT2D eigenvalue weighted by Gasteiger charge is -2.34. The summed E-state index contributed by atoms with van der Waals surface area (Å²) in [5.41, 5.74) is 2.78. The van der Waals surface area contributed by atoms with Gasteiger partial charge in [0.2, 0.25) is 11.8 Å². The number of rotatable bonds is 5. The minimum atomic E-state index is -0.0830. The van der Waals surface area contributed by atoms with Crippen LogP contribution in [0.25, 0.3) is 11.1 Å². The van der Waals surface area contributed by atoms with Gasteiger partial charge in [0.1, 0.15) is 0 Å². The van der Waals surface area contributed by atoms with Crippen molar-refractivity contribution in [2.45, 2.75) is 12.8 Å². The topological polar surface area (TPSA) is 40.6 Å². The van der Waals surface area contributed by atoms with Crippen LogP contribution in [0.4, 0.5) is 0 Å². The zero-order valence-electron chi connectivity index (χ0n) is 15.5. The minimum absolute atomic E-state index is 0.0830. The fraction of sp³-hybridized carbons (Fsp3) is 0.273. The average molecular weight is 417 g/mol. The Morgan fingerprint density at radius 2 is 1.57 bits per heavy atom. The molecule has 146 valence electrons. The number of amides is 2. The van der Waals surface area contributed by atoms with Gasteiger partial charge >= 0.3 is 0 Å². The first kappa shape index (κ1) is 20.4. The summed E-state index contributed by atoms with van der Waals surface area (Å²) in [4.78, 5) is 27.7. The van der Waals surface area contributed by atoms with Gasteiger partial charge in [-0.05, 0) is 36.3 Å². The molecule has 0 bridgehead atoms. The van der Waals surface area contributed by atoms with Crippen LogP contribution in [-0.2, 0) is 16.0 Å². The summed E-state index contributed by atoms with van der Waals surface area (Å²) in [5, 5.41) is 1.27. The summed E-state index contributed by atoms with van der Waals surface area (Å²) < 4.78 is 0. The number of halogens is 2. The molecular weight excluding hydrogens is 395 g/mol. The van der Waals surface area contributed by atoms with Crippen molar-refractivity contribution in [3.63, 3.8) is 0 Å². The van der Waals surface area contributed by atoms with Gasteiger partial charge in [-0.25, -0.2) is 0 Å². The lowest BCUT2D eigenvalue weighted by molar-refractivity contribution is -0.137. The van der Waals surface area contributed by atoms with E-state index in [0.717, 1.165) is 16.7 Å². The van der Waals surface area contributed by atoms with E-state index in [-0.39, 0.29) is 11.8 Å². The van der Waals surface area contributed by atoms with Crippen LogP contribution in [0.2, 0.25) is 10.0 Å². The first-order chi connectivity index (χ1) is 13.5. The molecule has 2 amide bonds. The Hall–Kier alpha value is -2.30. The third-order valence-electron chi connectivity index (χ3n) is 4.94. The highest BCUT2D eigenvalue weighted by molar-refractivity contribution is 6.36. The molecule has 0 atom stereocenters. The van der Waals surface area contributed by atoms with Gasteiger partial charge in [0.15, 0.2) is 0 Å². The Morgan fingerprint density at radius 3 is 2.25 bits per heavy atom. The Morgan fingerprint density at radius 1 is 0.929 bits per heavy atom. The summed E-state index contributed by atoms with van der Waals surface area (Å²) in [7, 11) is 0. The van der Waals surface area contributed by atoms with Gasteiger partial charge in [0, 0.05) is 53.8 Å². The largest absolute Gasteiger partial charge is 0.339 e. The zero-order chi connectivity index (χ0) is 20.1. The number of hydrogen-bond donors (Lipinski definition) is 0. The number of piperazine rings is 1. The average Bonchev–Trinajstić information content (AvgIpc) is 2.73. The van der Waals surface area contributed by atoms with E-state index in [1.807, 2.05) is 47.4 Å². The van der Waals surface area contributed by atoms with Crippen LogP contribution in [0.15, 0.2) is 55.1 Å². The highest BCUT2D eigenvalue weighted by Gasteiger charge is 2.22. The molecule has 0 saturated carbocycles. The second-order valence-corrected chi connectivity index (χ2v) is 7.52. The second kappa shape index (κ2) is 9.26. The monoisotopic (exact) mass is 416 g/mol. The van der Waals surface area contributed by atoms with Gasteiger partial charge in [-0.3, -0.25) is 9.59 Å². The van der Waals surface area contributed by atoms with E-state index < -0.39 is 0 Å². The normalized spacial score (nSPS) is 14.1. The van der Waals surface area contributed by atoms with Crippen LogP contribution in [-0.4, -0.2) is 47.8 Å².